The van der Waals surface area contributed by atoms with Crippen LogP contribution < -0.4 is 10.2 Å². The second kappa shape index (κ2) is 17.0. The summed E-state index contributed by atoms with van der Waals surface area (Å²) < 4.78 is 18.6. The van der Waals surface area contributed by atoms with Gasteiger partial charge in [0.1, 0.15) is 29.6 Å². The normalized spacial score (nSPS) is 31.4. The number of hydrogen-bond donors (Lipinski definition) is 2. The highest BCUT2D eigenvalue weighted by molar-refractivity contribution is 8.01. The van der Waals surface area contributed by atoms with Gasteiger partial charge in [0, 0.05) is 43.5 Å². The van der Waals surface area contributed by atoms with Gasteiger partial charge in [0.05, 0.1) is 23.2 Å². The SMILES string of the molecule is C=C1NC2(O)CC(O1)C(C)C1OC1(C)C(OC(=O)[C@H](C)N(C)C(=O)CCC(C)(C)SC(C)C)CC(=O)N(C)c1cc(cc(C)c1Cl)C/C(C)=C/C=C/C2C. The first kappa shape index (κ1) is 43.7. The maximum absolute atomic E-state index is 14.2. The Morgan fingerprint density at radius 1 is 1.24 bits per heavy atom. The first-order valence-corrected chi connectivity index (χ1v) is 20.3. The third kappa shape index (κ3) is 10.2. The summed E-state index contributed by atoms with van der Waals surface area (Å²) in [7, 11) is 3.27. The van der Waals surface area contributed by atoms with Crippen molar-refractivity contribution in [1.29, 1.82) is 0 Å². The quantitative estimate of drug-likeness (QED) is 0.204. The minimum atomic E-state index is -1.34. The van der Waals surface area contributed by atoms with Gasteiger partial charge in [-0.2, -0.15) is 11.8 Å². The van der Waals surface area contributed by atoms with Gasteiger partial charge in [-0.25, -0.2) is 4.79 Å². The molecule has 2 saturated heterocycles. The number of epoxide rings is 1. The molecule has 3 aliphatic heterocycles. The first-order chi connectivity index (χ1) is 25.0. The summed E-state index contributed by atoms with van der Waals surface area (Å²) >= 11 is 8.63. The summed E-state index contributed by atoms with van der Waals surface area (Å²) in [5.41, 5.74) is 1.02. The van der Waals surface area contributed by atoms with E-state index < -0.39 is 41.6 Å². The average Bonchev–Trinajstić information content (AvgIpc) is 3.77. The van der Waals surface area contributed by atoms with Crippen LogP contribution in [0.4, 0.5) is 5.69 Å². The highest BCUT2D eigenvalue weighted by Gasteiger charge is 2.64. The van der Waals surface area contributed by atoms with Crippen LogP contribution in [0.1, 0.15) is 99.1 Å². The zero-order valence-corrected chi connectivity index (χ0v) is 35.8. The smallest absolute Gasteiger partial charge is 0.328 e. The number of nitrogens with one attached hydrogen (secondary N) is 1. The van der Waals surface area contributed by atoms with Gasteiger partial charge in [0.2, 0.25) is 11.8 Å². The second-order valence-corrected chi connectivity index (χ2v) is 19.4. The molecule has 300 valence electrons. The van der Waals surface area contributed by atoms with Crippen molar-refractivity contribution in [1.82, 2.24) is 10.2 Å². The summed E-state index contributed by atoms with van der Waals surface area (Å²) in [5, 5.41) is 15.8. The van der Waals surface area contributed by atoms with Crippen LogP contribution in [0, 0.1) is 18.8 Å². The van der Waals surface area contributed by atoms with Crippen LogP contribution in [0.5, 0.6) is 0 Å². The fourth-order valence-electron chi connectivity index (χ4n) is 7.55. The highest BCUT2D eigenvalue weighted by Crippen LogP contribution is 2.49. The van der Waals surface area contributed by atoms with Crippen LogP contribution in [-0.2, 0) is 35.0 Å². The predicted molar refractivity (Wildman–Crippen MR) is 217 cm³/mol. The summed E-state index contributed by atoms with van der Waals surface area (Å²) in [4.78, 5) is 44.3. The fraction of sp³-hybridized carbons (Fsp3) is 0.643. The number of halogens is 1. The topological polar surface area (TPSA) is 121 Å². The van der Waals surface area contributed by atoms with Crippen molar-refractivity contribution in [2.75, 3.05) is 19.0 Å². The third-order valence-corrected chi connectivity index (χ3v) is 13.0. The summed E-state index contributed by atoms with van der Waals surface area (Å²) in [6.45, 7) is 23.8. The number of allylic oxidation sites excluding steroid dienone is 3. The third-order valence-electron chi connectivity index (χ3n) is 11.2. The van der Waals surface area contributed by atoms with E-state index in [1.807, 2.05) is 76.7 Å². The molecule has 8 atom stereocenters. The van der Waals surface area contributed by atoms with Crippen molar-refractivity contribution >= 4 is 46.8 Å². The molecule has 0 aromatic heterocycles. The van der Waals surface area contributed by atoms with E-state index in [4.69, 9.17) is 25.8 Å². The average molecular weight is 788 g/mol. The molecule has 3 aliphatic rings. The zero-order chi connectivity index (χ0) is 40.5. The molecule has 1 aromatic rings. The number of fused-ring (bicyclic) bond motifs is 5. The van der Waals surface area contributed by atoms with Crippen molar-refractivity contribution in [2.24, 2.45) is 11.8 Å². The van der Waals surface area contributed by atoms with Crippen molar-refractivity contribution < 1.29 is 33.7 Å². The number of thioether (sulfide) groups is 1. The van der Waals surface area contributed by atoms with Gasteiger partial charge in [-0.05, 0) is 69.6 Å². The van der Waals surface area contributed by atoms with Gasteiger partial charge in [-0.3, -0.25) is 9.59 Å². The van der Waals surface area contributed by atoms with Crippen LogP contribution in [0.3, 0.4) is 0 Å². The molecule has 2 fully saturated rings. The molecule has 0 saturated carbocycles. The number of rotatable bonds is 8. The Balaban J connectivity index is 1.67. The number of carbonyl (C=O) groups is 3. The fourth-order valence-corrected chi connectivity index (χ4v) is 9.28. The van der Waals surface area contributed by atoms with E-state index in [0.29, 0.717) is 28.8 Å². The molecular weight excluding hydrogens is 726 g/mol. The van der Waals surface area contributed by atoms with Crippen LogP contribution >= 0.6 is 23.4 Å². The highest BCUT2D eigenvalue weighted by atomic mass is 35.5. The van der Waals surface area contributed by atoms with E-state index in [-0.39, 0.29) is 53.5 Å². The predicted octanol–water partition coefficient (Wildman–Crippen LogP) is 7.49. The zero-order valence-electron chi connectivity index (χ0n) is 34.2. The molecule has 4 rings (SSSR count). The number of amides is 2. The molecule has 0 radical (unpaired) electrons. The van der Waals surface area contributed by atoms with E-state index in [1.165, 1.54) is 9.80 Å². The van der Waals surface area contributed by atoms with E-state index in [9.17, 15) is 19.5 Å². The molecule has 12 heteroatoms. The maximum Gasteiger partial charge on any atom is 0.328 e. The molecule has 4 bridgehead atoms. The number of benzene rings is 1. The number of likely N-dealkylation sites (N-methyl/N-ethyl adjacent to an activating group) is 1. The van der Waals surface area contributed by atoms with E-state index in [1.54, 1.807) is 21.0 Å². The first-order valence-electron chi connectivity index (χ1n) is 19.1. The second-order valence-electron chi connectivity index (χ2n) is 16.7. The van der Waals surface area contributed by atoms with Gasteiger partial charge in [0.15, 0.2) is 5.88 Å². The van der Waals surface area contributed by atoms with Gasteiger partial charge < -0.3 is 34.4 Å². The monoisotopic (exact) mass is 787 g/mol. The lowest BCUT2D eigenvalue weighted by atomic mass is 9.82. The molecule has 3 heterocycles. The Hall–Kier alpha value is -2.99. The number of nitrogens with zero attached hydrogens (tertiary/aromatic N) is 2. The van der Waals surface area contributed by atoms with E-state index >= 15 is 0 Å². The number of anilines is 1. The van der Waals surface area contributed by atoms with Crippen LogP contribution in [0.2, 0.25) is 5.02 Å². The molecule has 0 aliphatic carbocycles. The number of aryl methyl sites for hydroxylation is 1. The van der Waals surface area contributed by atoms with Crippen LogP contribution in [-0.4, -0.2) is 87.6 Å². The van der Waals surface area contributed by atoms with Crippen LogP contribution in [0.25, 0.3) is 0 Å². The number of hydrogen-bond acceptors (Lipinski definition) is 9. The minimum Gasteiger partial charge on any atom is -0.476 e. The Bertz CT molecular complexity index is 1660. The molecule has 54 heavy (non-hydrogen) atoms. The summed E-state index contributed by atoms with van der Waals surface area (Å²) in [6.07, 6.45) is 5.52. The Morgan fingerprint density at radius 2 is 1.91 bits per heavy atom. The molecule has 10 nitrogen and oxygen atoms in total. The number of esters is 1. The molecule has 1 aromatic carbocycles. The molecule has 7 unspecified atom stereocenters. The van der Waals surface area contributed by atoms with E-state index in [0.717, 1.165) is 16.7 Å². The largest absolute Gasteiger partial charge is 0.476 e. The van der Waals surface area contributed by atoms with Crippen LogP contribution in [0.15, 0.2) is 48.4 Å². The standard InChI is InChI=1S/C42H62ClN3O7S/c1-24(2)54-40(9,10)18-17-35(47)45(12)29(7)39(49)52-34-22-36(48)46(13)32-21-31(20-26(4)37(32)43)19-25(3)15-14-16-27(5)42(50)23-33(51-30(8)44-42)28(6)38-41(34,11)53-38/h14-16,20-21,24,27-29,33-34,38,44,50H,8,17-19,22-23H2,1-7,9-13H3/b16-14+,25-15+/t27?,28?,29-,33?,34?,38?,41?,42?/m0/s1. The molecule has 2 amide bonds. The van der Waals surface area contributed by atoms with Gasteiger partial charge in [-0.1, -0.05) is 83.0 Å². The maximum atomic E-state index is 14.2. The lowest BCUT2D eigenvalue weighted by Gasteiger charge is -2.44. The molecule has 0 spiro atoms. The van der Waals surface area contributed by atoms with E-state index in [2.05, 4.69) is 39.6 Å². The van der Waals surface area contributed by atoms with Gasteiger partial charge >= 0.3 is 5.97 Å². The van der Waals surface area contributed by atoms with Crippen molar-refractivity contribution in [3.8, 4) is 0 Å². The minimum absolute atomic E-state index is 0.100. The Morgan fingerprint density at radius 3 is 2.56 bits per heavy atom. The number of ether oxygens (including phenoxy) is 3. The summed E-state index contributed by atoms with van der Waals surface area (Å²) in [6, 6.07) is 3.01. The Labute approximate surface area is 332 Å². The molecular formula is C42H62ClN3O7S. The van der Waals surface area contributed by atoms with Gasteiger partial charge in [0.25, 0.3) is 0 Å². The van der Waals surface area contributed by atoms with Crippen molar-refractivity contribution in [2.45, 2.75) is 147 Å². The Kier molecular flexibility index (Phi) is 13.8. The lowest BCUT2D eigenvalue weighted by Crippen LogP contribution is -2.57. The van der Waals surface area contributed by atoms with Gasteiger partial charge in [-0.15, -0.1) is 0 Å². The number of aliphatic hydroxyl groups is 1. The van der Waals surface area contributed by atoms with Crippen molar-refractivity contribution in [3.63, 3.8) is 0 Å². The number of carbonyl (C=O) groups excluding carboxylic acids is 3. The van der Waals surface area contributed by atoms with Crippen molar-refractivity contribution in [3.05, 3.63) is 64.5 Å². The lowest BCUT2D eigenvalue weighted by molar-refractivity contribution is -0.162. The summed E-state index contributed by atoms with van der Waals surface area (Å²) in [5.74, 6) is -1.47. The molecule has 2 N–H and O–H groups in total.